The number of aromatic nitrogens is 2. The van der Waals surface area contributed by atoms with E-state index in [0.29, 0.717) is 22.9 Å². The summed E-state index contributed by atoms with van der Waals surface area (Å²) in [4.78, 5) is 41.5. The van der Waals surface area contributed by atoms with Crippen LogP contribution in [0.3, 0.4) is 0 Å². The van der Waals surface area contributed by atoms with E-state index in [4.69, 9.17) is 21.5 Å². The van der Waals surface area contributed by atoms with Gasteiger partial charge in [-0.2, -0.15) is 0 Å². The predicted molar refractivity (Wildman–Crippen MR) is 140 cm³/mol. The molecule has 2 amide bonds. The fraction of sp³-hybridized carbons (Fsp3) is 0.385. The van der Waals surface area contributed by atoms with Gasteiger partial charge in [-0.1, -0.05) is 57.3 Å². The summed E-state index contributed by atoms with van der Waals surface area (Å²) in [6, 6.07) is 8.40. The first-order valence-corrected chi connectivity index (χ1v) is 12.2. The van der Waals surface area contributed by atoms with Crippen LogP contribution in [0, 0.1) is 5.82 Å². The summed E-state index contributed by atoms with van der Waals surface area (Å²) in [6.45, 7) is 7.71. The third-order valence-electron chi connectivity index (χ3n) is 4.77. The lowest BCUT2D eigenvalue weighted by molar-refractivity contribution is -0.134. The number of aromatic amines is 1. The van der Waals surface area contributed by atoms with Crippen molar-refractivity contribution >= 4 is 40.3 Å². The summed E-state index contributed by atoms with van der Waals surface area (Å²) in [6.07, 6.45) is 4.73. The lowest BCUT2D eigenvalue weighted by atomic mass is 10.0. The Morgan fingerprint density at radius 2 is 1.78 bits per heavy atom. The summed E-state index contributed by atoms with van der Waals surface area (Å²) >= 11 is 5.90. The van der Waals surface area contributed by atoms with Crippen molar-refractivity contribution in [1.29, 1.82) is 0 Å². The Hall–Kier alpha value is -3.46. The fourth-order valence-electron chi connectivity index (χ4n) is 3.14. The Labute approximate surface area is 215 Å². The molecule has 0 aliphatic rings. The second-order valence-electron chi connectivity index (χ2n) is 7.65. The van der Waals surface area contributed by atoms with Gasteiger partial charge in [0.1, 0.15) is 22.7 Å². The number of hydrogen-bond donors (Lipinski definition) is 4. The molecule has 2 aromatic heterocycles. The zero-order valence-electron chi connectivity index (χ0n) is 21.0. The van der Waals surface area contributed by atoms with Crippen LogP contribution in [0.2, 0.25) is 5.15 Å². The molecule has 10 heteroatoms. The van der Waals surface area contributed by atoms with E-state index >= 15 is 0 Å². The highest BCUT2D eigenvalue weighted by atomic mass is 35.5. The summed E-state index contributed by atoms with van der Waals surface area (Å²) in [7, 11) is 0. The van der Waals surface area contributed by atoms with Gasteiger partial charge in [0.2, 0.25) is 5.91 Å². The second kappa shape index (κ2) is 16.3. The molecule has 2 heterocycles. The average Bonchev–Trinajstić information content (AvgIpc) is 3.27. The number of halogens is 2. The van der Waals surface area contributed by atoms with Crippen LogP contribution in [0.4, 0.5) is 4.39 Å². The van der Waals surface area contributed by atoms with Crippen LogP contribution in [-0.4, -0.2) is 45.4 Å². The van der Waals surface area contributed by atoms with E-state index < -0.39 is 17.9 Å². The largest absolute Gasteiger partial charge is 0.481 e. The van der Waals surface area contributed by atoms with Crippen LogP contribution >= 0.6 is 11.6 Å². The second-order valence-corrected chi connectivity index (χ2v) is 8.04. The van der Waals surface area contributed by atoms with Crippen LogP contribution in [0.5, 0.6) is 0 Å². The maximum absolute atomic E-state index is 13.2. The standard InChI is InChI=1S/C22H24ClFN4O2.C2H4O2.C2H6/c1-2-3-4-9-25-21(29)17(10-14-5-7-16(24)8-6-14)28-22(30)18-11-15-12-20(23)26-13-19(15)27-18;1-2(3)4;1-2/h5-8,11-13,17,27H,2-4,9-10H2,1H3,(H,25,29)(H,28,30);1H3,(H,3,4);1-2H3/t17-;;/m0../s1. The monoisotopic (exact) mass is 520 g/mol. The number of unbranched alkanes of at least 4 members (excludes halogenated alkanes) is 2. The van der Waals surface area contributed by atoms with Gasteiger partial charge in [-0.25, -0.2) is 9.37 Å². The molecule has 196 valence electrons. The zero-order valence-corrected chi connectivity index (χ0v) is 21.8. The minimum absolute atomic E-state index is 0.249. The molecule has 0 unspecified atom stereocenters. The van der Waals surface area contributed by atoms with Crippen LogP contribution in [0.1, 0.15) is 63.0 Å². The van der Waals surface area contributed by atoms with Gasteiger partial charge >= 0.3 is 0 Å². The number of carboxylic acid groups (broad SMARTS) is 1. The van der Waals surface area contributed by atoms with Crippen LogP contribution in [-0.2, 0) is 16.0 Å². The first-order chi connectivity index (χ1) is 17.2. The lowest BCUT2D eigenvalue weighted by Crippen LogP contribution is -2.48. The lowest BCUT2D eigenvalue weighted by Gasteiger charge is -2.18. The van der Waals surface area contributed by atoms with Crippen LogP contribution in [0.25, 0.3) is 10.9 Å². The number of fused-ring (bicyclic) bond motifs is 1. The molecule has 0 saturated carbocycles. The Balaban J connectivity index is 0.000000982. The smallest absolute Gasteiger partial charge is 0.300 e. The van der Waals surface area contributed by atoms with Crippen molar-refractivity contribution in [2.75, 3.05) is 6.54 Å². The zero-order chi connectivity index (χ0) is 27.1. The SMILES string of the molecule is CC.CC(=O)O.CCCCCNC(=O)[C@H](Cc1ccc(F)cc1)NC(=O)c1cc2cc(Cl)ncc2[nH]1. The van der Waals surface area contributed by atoms with Crippen LogP contribution in [0.15, 0.2) is 42.6 Å². The number of nitrogens with one attached hydrogen (secondary N) is 3. The Bertz CT molecular complexity index is 1110. The molecule has 1 atom stereocenters. The number of H-pyrrole nitrogens is 1. The van der Waals surface area contributed by atoms with Gasteiger partial charge in [-0.05, 0) is 36.2 Å². The molecule has 0 spiro atoms. The summed E-state index contributed by atoms with van der Waals surface area (Å²) in [5.74, 6) is -1.88. The number of rotatable bonds is 9. The van der Waals surface area contributed by atoms with Crippen molar-refractivity contribution in [2.45, 2.75) is 59.4 Å². The van der Waals surface area contributed by atoms with E-state index in [1.165, 1.54) is 12.1 Å². The molecule has 0 fully saturated rings. The fourth-order valence-corrected chi connectivity index (χ4v) is 3.30. The maximum Gasteiger partial charge on any atom is 0.300 e. The Morgan fingerprint density at radius 1 is 1.14 bits per heavy atom. The van der Waals surface area contributed by atoms with Gasteiger partial charge in [0.05, 0.1) is 11.7 Å². The van der Waals surface area contributed by atoms with Gasteiger partial charge < -0.3 is 20.7 Å². The topological polar surface area (TPSA) is 124 Å². The third-order valence-corrected chi connectivity index (χ3v) is 4.98. The minimum atomic E-state index is -0.833. The highest BCUT2D eigenvalue weighted by molar-refractivity contribution is 6.30. The van der Waals surface area contributed by atoms with Crippen molar-refractivity contribution < 1.29 is 23.9 Å². The Kier molecular flexibility index (Phi) is 13.8. The number of carboxylic acids is 1. The molecule has 36 heavy (non-hydrogen) atoms. The van der Waals surface area contributed by atoms with E-state index in [2.05, 4.69) is 27.5 Å². The number of pyridine rings is 1. The first-order valence-electron chi connectivity index (χ1n) is 11.9. The van der Waals surface area contributed by atoms with Crippen molar-refractivity contribution in [1.82, 2.24) is 20.6 Å². The van der Waals surface area contributed by atoms with Crippen molar-refractivity contribution in [3.05, 3.63) is 64.8 Å². The molecule has 0 saturated heterocycles. The van der Waals surface area contributed by atoms with Gasteiger partial charge in [0.25, 0.3) is 11.9 Å². The van der Waals surface area contributed by atoms with E-state index in [1.54, 1.807) is 30.5 Å². The summed E-state index contributed by atoms with van der Waals surface area (Å²) < 4.78 is 13.2. The highest BCUT2D eigenvalue weighted by Gasteiger charge is 2.22. The van der Waals surface area contributed by atoms with Crippen molar-refractivity contribution in [3.63, 3.8) is 0 Å². The predicted octanol–water partition coefficient (Wildman–Crippen LogP) is 5.12. The number of aliphatic carboxylic acids is 1. The molecule has 0 aliphatic carbocycles. The third kappa shape index (κ3) is 10.9. The molecular weight excluding hydrogens is 487 g/mol. The van der Waals surface area contributed by atoms with Crippen molar-refractivity contribution in [3.8, 4) is 0 Å². The molecule has 3 aromatic rings. The van der Waals surface area contributed by atoms with E-state index in [1.807, 2.05) is 13.8 Å². The number of nitrogens with zero attached hydrogens (tertiary/aromatic N) is 1. The first kappa shape index (κ1) is 30.6. The molecule has 8 nitrogen and oxygen atoms in total. The average molecular weight is 521 g/mol. The van der Waals surface area contributed by atoms with Gasteiger partial charge in [0.15, 0.2) is 0 Å². The molecule has 4 N–H and O–H groups in total. The highest BCUT2D eigenvalue weighted by Crippen LogP contribution is 2.18. The molecular formula is C26H34ClFN4O4. The van der Waals surface area contributed by atoms with Gasteiger partial charge in [0, 0.05) is 25.3 Å². The van der Waals surface area contributed by atoms with Crippen LogP contribution < -0.4 is 10.6 Å². The van der Waals surface area contributed by atoms with Gasteiger partial charge in [-0.15, -0.1) is 0 Å². The molecule has 0 radical (unpaired) electrons. The van der Waals surface area contributed by atoms with Gasteiger partial charge in [-0.3, -0.25) is 14.4 Å². The molecule has 0 aliphatic heterocycles. The molecule has 3 rings (SSSR count). The minimum Gasteiger partial charge on any atom is -0.481 e. The summed E-state index contributed by atoms with van der Waals surface area (Å²) in [5.41, 5.74) is 1.72. The van der Waals surface area contributed by atoms with E-state index in [0.717, 1.165) is 37.1 Å². The normalized spacial score (nSPS) is 10.8. The molecule has 1 aromatic carbocycles. The van der Waals surface area contributed by atoms with Crippen molar-refractivity contribution in [2.24, 2.45) is 0 Å². The summed E-state index contributed by atoms with van der Waals surface area (Å²) in [5, 5.41) is 14.2. The number of benzene rings is 1. The number of carbonyl (C=O) groups excluding carboxylic acids is 2. The number of amides is 2. The number of carbonyl (C=O) groups is 3. The maximum atomic E-state index is 13.2. The van der Waals surface area contributed by atoms with E-state index in [-0.39, 0.29) is 18.1 Å². The number of hydrogen-bond acceptors (Lipinski definition) is 4. The quantitative estimate of drug-likeness (QED) is 0.230. The molecule has 0 bridgehead atoms. The Morgan fingerprint density at radius 3 is 2.39 bits per heavy atom. The van der Waals surface area contributed by atoms with E-state index in [9.17, 15) is 14.0 Å².